The van der Waals surface area contributed by atoms with Crippen molar-refractivity contribution >= 4 is 61.3 Å². The molecule has 2 aromatic heterocycles. The number of pyridine rings is 1. The van der Waals surface area contributed by atoms with Gasteiger partial charge in [0.1, 0.15) is 22.8 Å². The minimum Gasteiger partial charge on any atom is -0.455 e. The summed E-state index contributed by atoms with van der Waals surface area (Å²) in [6.07, 6.45) is 6.43. The van der Waals surface area contributed by atoms with Crippen molar-refractivity contribution in [2.24, 2.45) is 0 Å². The molecule has 0 radical (unpaired) electrons. The fourth-order valence-corrected chi connectivity index (χ4v) is 9.58. The molecule has 0 unspecified atom stereocenters. The van der Waals surface area contributed by atoms with Crippen LogP contribution in [0.4, 0.5) is 28.6 Å². The number of nitrogens with one attached hydrogen (secondary N) is 1. The van der Waals surface area contributed by atoms with E-state index in [0.29, 0.717) is 0 Å². The second-order valence-electron chi connectivity index (χ2n) is 20.0. The predicted molar refractivity (Wildman–Crippen MR) is 262 cm³/mol. The highest BCUT2D eigenvalue weighted by Gasteiger charge is 2.42. The lowest BCUT2D eigenvalue weighted by Crippen LogP contribution is -2.31. The summed E-state index contributed by atoms with van der Waals surface area (Å²) in [7, 11) is 0. The Balaban J connectivity index is 1.26. The summed E-state index contributed by atoms with van der Waals surface area (Å²) in [6.45, 7) is 23.4. The lowest BCUT2D eigenvalue weighted by molar-refractivity contribution is 0.590. The van der Waals surface area contributed by atoms with E-state index in [1.807, 2.05) is 6.20 Å². The van der Waals surface area contributed by atoms with Gasteiger partial charge < -0.3 is 9.73 Å². The Labute approximate surface area is 366 Å². The van der Waals surface area contributed by atoms with Crippen LogP contribution in [0.5, 0.6) is 0 Å². The molecule has 6 aromatic carbocycles. The zero-order valence-electron chi connectivity index (χ0n) is 37.7. The van der Waals surface area contributed by atoms with Crippen molar-refractivity contribution < 1.29 is 4.42 Å². The number of anilines is 5. The molecule has 5 nitrogen and oxygen atoms in total. The van der Waals surface area contributed by atoms with Crippen LogP contribution in [-0.4, -0.2) is 11.5 Å². The zero-order valence-corrected chi connectivity index (χ0v) is 37.7. The Hall–Kier alpha value is -6.59. The van der Waals surface area contributed by atoms with Crippen LogP contribution >= 0.6 is 0 Å². The maximum absolute atomic E-state index is 7.15. The number of furan rings is 1. The molecule has 0 bridgehead atoms. The number of para-hydroxylation sites is 1. The molecule has 310 valence electrons. The van der Waals surface area contributed by atoms with Gasteiger partial charge in [0.25, 0.3) is 0 Å². The third-order valence-electron chi connectivity index (χ3n) is 13.2. The molecule has 0 atom stereocenters. The van der Waals surface area contributed by atoms with E-state index in [4.69, 9.17) is 9.40 Å². The van der Waals surface area contributed by atoms with E-state index in [1.165, 1.54) is 44.2 Å². The molecular formula is C57H56N4O. The van der Waals surface area contributed by atoms with Crippen molar-refractivity contribution in [3.05, 3.63) is 179 Å². The highest BCUT2D eigenvalue weighted by Crippen LogP contribution is 2.59. The van der Waals surface area contributed by atoms with Crippen LogP contribution in [0.2, 0.25) is 0 Å². The highest BCUT2D eigenvalue weighted by atomic mass is 16.3. The number of hydrogen-bond donors (Lipinski definition) is 1. The van der Waals surface area contributed by atoms with Crippen molar-refractivity contribution in [1.29, 1.82) is 0 Å². The number of dihydropyridines is 1. The summed E-state index contributed by atoms with van der Waals surface area (Å²) in [5, 5.41) is 8.33. The van der Waals surface area contributed by atoms with Crippen LogP contribution < -0.4 is 15.1 Å². The molecule has 0 fully saturated rings. The molecule has 3 heterocycles. The van der Waals surface area contributed by atoms with E-state index in [9.17, 15) is 0 Å². The zero-order chi connectivity index (χ0) is 43.3. The summed E-state index contributed by atoms with van der Waals surface area (Å²) in [5.74, 6) is 1.91. The fraction of sp³-hybridized carbons (Fsp3) is 0.246. The first kappa shape index (κ1) is 39.5. The van der Waals surface area contributed by atoms with Crippen LogP contribution in [0, 0.1) is 6.92 Å². The smallest absolute Gasteiger partial charge is 0.145 e. The van der Waals surface area contributed by atoms with Gasteiger partial charge in [-0.05, 0) is 118 Å². The largest absolute Gasteiger partial charge is 0.455 e. The molecule has 0 saturated carbocycles. The normalized spacial score (nSPS) is 14.7. The van der Waals surface area contributed by atoms with Gasteiger partial charge in [0.2, 0.25) is 0 Å². The molecular weight excluding hydrogens is 757 g/mol. The van der Waals surface area contributed by atoms with Crippen molar-refractivity contribution in [2.75, 3.05) is 16.3 Å². The van der Waals surface area contributed by atoms with E-state index >= 15 is 0 Å². The summed E-state index contributed by atoms with van der Waals surface area (Å²) >= 11 is 0. The summed E-state index contributed by atoms with van der Waals surface area (Å²) in [5.41, 5.74) is 15.7. The average Bonchev–Trinajstić information content (AvgIpc) is 3.75. The second-order valence-corrected chi connectivity index (χ2v) is 20.0. The topological polar surface area (TPSA) is 44.5 Å². The van der Waals surface area contributed by atoms with Gasteiger partial charge in [0.05, 0.1) is 16.8 Å². The molecule has 62 heavy (non-hydrogen) atoms. The summed E-state index contributed by atoms with van der Waals surface area (Å²) in [4.78, 5) is 9.84. The molecule has 0 saturated heterocycles. The molecule has 2 aliphatic rings. The standard InChI is InChI=1S/C57H56N4O/c1-35-19-29-49(58-33-35)60(39-25-21-37(22-26-39)55(3,4)5)46-31-44-51(42-16-12-11-15-41(42)46)53-45(57(44,9)10)32-47(52-43-17-13-14-18-48(43)62-54(52)53)61(50-30-20-36(2)34-59-50)40-27-23-38(24-28-40)56(6,7)8/h11-32,34,58H,33H2,1-10H3. The molecule has 1 aliphatic carbocycles. The number of aromatic nitrogens is 1. The third kappa shape index (κ3) is 6.40. The Morgan fingerprint density at radius 2 is 1.19 bits per heavy atom. The van der Waals surface area contributed by atoms with Gasteiger partial charge in [-0.3, -0.25) is 9.80 Å². The van der Waals surface area contributed by atoms with Crippen LogP contribution in [0.25, 0.3) is 43.8 Å². The number of benzene rings is 6. The van der Waals surface area contributed by atoms with Crippen LogP contribution in [0.1, 0.15) is 90.1 Å². The van der Waals surface area contributed by atoms with Gasteiger partial charge in [-0.1, -0.05) is 140 Å². The first-order valence-corrected chi connectivity index (χ1v) is 22.0. The van der Waals surface area contributed by atoms with Crippen LogP contribution in [-0.2, 0) is 16.2 Å². The van der Waals surface area contributed by atoms with Gasteiger partial charge in [-0.2, -0.15) is 0 Å². The molecule has 5 heteroatoms. The van der Waals surface area contributed by atoms with Crippen molar-refractivity contribution in [3.8, 4) is 11.1 Å². The van der Waals surface area contributed by atoms with Gasteiger partial charge in [-0.15, -0.1) is 0 Å². The number of fused-ring (bicyclic) bond motifs is 9. The lowest BCUT2D eigenvalue weighted by Gasteiger charge is -2.33. The first-order valence-electron chi connectivity index (χ1n) is 22.0. The predicted octanol–water partition coefficient (Wildman–Crippen LogP) is 15.3. The van der Waals surface area contributed by atoms with Gasteiger partial charge in [-0.25, -0.2) is 4.98 Å². The Bertz CT molecular complexity index is 3110. The van der Waals surface area contributed by atoms with Gasteiger partial charge in [0, 0.05) is 45.9 Å². The maximum Gasteiger partial charge on any atom is 0.145 e. The van der Waals surface area contributed by atoms with Crippen LogP contribution in [0.15, 0.2) is 155 Å². The lowest BCUT2D eigenvalue weighted by atomic mass is 9.81. The Morgan fingerprint density at radius 1 is 0.613 bits per heavy atom. The summed E-state index contributed by atoms with van der Waals surface area (Å²) in [6, 6.07) is 44.8. The molecule has 1 aliphatic heterocycles. The maximum atomic E-state index is 7.15. The van der Waals surface area contributed by atoms with E-state index < -0.39 is 5.41 Å². The van der Waals surface area contributed by atoms with Gasteiger partial charge in [0.15, 0.2) is 0 Å². The minimum absolute atomic E-state index is 0.0230. The number of allylic oxidation sites excluding steroid dienone is 2. The second kappa shape index (κ2) is 14.2. The molecule has 10 rings (SSSR count). The minimum atomic E-state index is -0.402. The summed E-state index contributed by atoms with van der Waals surface area (Å²) < 4.78 is 7.15. The molecule has 1 N–H and O–H groups in total. The number of rotatable bonds is 6. The monoisotopic (exact) mass is 812 g/mol. The van der Waals surface area contributed by atoms with E-state index in [-0.39, 0.29) is 10.8 Å². The number of nitrogens with zero attached hydrogens (tertiary/aromatic N) is 3. The molecule has 8 aromatic rings. The van der Waals surface area contributed by atoms with Crippen molar-refractivity contribution in [3.63, 3.8) is 0 Å². The molecule has 0 amide bonds. The fourth-order valence-electron chi connectivity index (χ4n) is 9.58. The SMILES string of the molecule is CC1=CC=C(N(c2ccc(C(C)(C)C)cc2)c2cc3c(c4ccccc24)-c2c(cc(N(c4ccc(C(C)(C)C)cc4)c4ccc(C)cn4)c4c2oc2ccccc24)C3(C)C)NC1. The Morgan fingerprint density at radius 3 is 1.79 bits per heavy atom. The van der Waals surface area contributed by atoms with Crippen molar-refractivity contribution in [2.45, 2.75) is 85.5 Å². The van der Waals surface area contributed by atoms with E-state index in [0.717, 1.165) is 74.0 Å². The van der Waals surface area contributed by atoms with E-state index in [1.54, 1.807) is 0 Å². The van der Waals surface area contributed by atoms with E-state index in [2.05, 4.69) is 218 Å². The number of hydrogen-bond acceptors (Lipinski definition) is 5. The third-order valence-corrected chi connectivity index (χ3v) is 13.2. The van der Waals surface area contributed by atoms with Crippen LogP contribution in [0.3, 0.4) is 0 Å². The Kier molecular flexibility index (Phi) is 9.08. The highest BCUT2D eigenvalue weighted by molar-refractivity contribution is 6.22. The quantitative estimate of drug-likeness (QED) is 0.181. The average molecular weight is 813 g/mol. The number of aryl methyl sites for hydroxylation is 1. The van der Waals surface area contributed by atoms with Crippen molar-refractivity contribution in [1.82, 2.24) is 10.3 Å². The van der Waals surface area contributed by atoms with Gasteiger partial charge >= 0.3 is 0 Å². The molecule has 0 spiro atoms. The first-order chi connectivity index (χ1) is 29.6.